The first kappa shape index (κ1) is 14.5. The summed E-state index contributed by atoms with van der Waals surface area (Å²) in [6.07, 6.45) is 3.04. The van der Waals surface area contributed by atoms with Gasteiger partial charge in [-0.15, -0.1) is 0 Å². The van der Waals surface area contributed by atoms with Gasteiger partial charge in [0.25, 0.3) is 5.69 Å². The average Bonchev–Trinajstić information content (AvgIpc) is 3.06. The molecule has 0 unspecified atom stereocenters. The zero-order valence-electron chi connectivity index (χ0n) is 11.9. The second-order valence-electron chi connectivity index (χ2n) is 4.77. The number of non-ortho nitro benzene ring substituents is 1. The number of aromatic nitrogens is 2. The molecule has 0 bridgehead atoms. The lowest BCUT2D eigenvalue weighted by atomic mass is 10.2. The van der Waals surface area contributed by atoms with Gasteiger partial charge in [0.2, 0.25) is 0 Å². The van der Waals surface area contributed by atoms with Crippen molar-refractivity contribution in [3.8, 4) is 11.3 Å². The predicted octanol–water partition coefficient (Wildman–Crippen LogP) is 3.54. The number of carbonyl (C=O) groups excluding carboxylic acids is 1. The quantitative estimate of drug-likeness (QED) is 0.592. The van der Waals surface area contributed by atoms with Crippen molar-refractivity contribution in [1.29, 1.82) is 0 Å². The summed E-state index contributed by atoms with van der Waals surface area (Å²) < 4.78 is 1.32. The molecule has 0 aliphatic carbocycles. The minimum atomic E-state index is -0.492. The zero-order chi connectivity index (χ0) is 16.2. The lowest BCUT2D eigenvalue weighted by Crippen LogP contribution is -2.17. The Labute approximate surface area is 131 Å². The van der Waals surface area contributed by atoms with Crippen LogP contribution < -0.4 is 5.32 Å². The van der Waals surface area contributed by atoms with Gasteiger partial charge in [0, 0.05) is 29.6 Å². The van der Waals surface area contributed by atoms with Gasteiger partial charge in [-0.1, -0.05) is 30.3 Å². The number of nitrogens with one attached hydrogen (secondary N) is 1. The van der Waals surface area contributed by atoms with E-state index in [0.29, 0.717) is 11.4 Å². The summed E-state index contributed by atoms with van der Waals surface area (Å²) in [6, 6.07) is 14.7. The van der Waals surface area contributed by atoms with Crippen molar-refractivity contribution in [2.24, 2.45) is 0 Å². The smallest absolute Gasteiger partial charge is 0.307 e. The fourth-order valence-electron chi connectivity index (χ4n) is 2.05. The highest BCUT2D eigenvalue weighted by molar-refractivity contribution is 5.91. The number of nitro benzene ring substituents is 1. The van der Waals surface area contributed by atoms with Crippen molar-refractivity contribution >= 4 is 17.4 Å². The van der Waals surface area contributed by atoms with E-state index in [0.717, 1.165) is 5.56 Å². The van der Waals surface area contributed by atoms with E-state index >= 15 is 0 Å². The molecular weight excluding hydrogens is 296 g/mol. The van der Waals surface area contributed by atoms with Crippen molar-refractivity contribution in [3.05, 3.63) is 77.2 Å². The molecule has 0 saturated carbocycles. The van der Waals surface area contributed by atoms with Crippen molar-refractivity contribution in [1.82, 2.24) is 9.55 Å². The van der Waals surface area contributed by atoms with Crippen LogP contribution in [0.4, 0.5) is 16.2 Å². The molecule has 114 valence electrons. The number of amides is 1. The first-order valence-electron chi connectivity index (χ1n) is 6.79. The second kappa shape index (κ2) is 6.10. The van der Waals surface area contributed by atoms with Gasteiger partial charge in [-0.2, -0.15) is 0 Å². The monoisotopic (exact) mass is 308 g/mol. The molecule has 0 spiro atoms. The minimum Gasteiger partial charge on any atom is -0.307 e. The molecule has 1 amide bonds. The van der Waals surface area contributed by atoms with E-state index < -0.39 is 11.0 Å². The predicted molar refractivity (Wildman–Crippen MR) is 85.2 cm³/mol. The van der Waals surface area contributed by atoms with Crippen LogP contribution in [-0.4, -0.2) is 20.5 Å². The molecule has 0 fully saturated rings. The van der Waals surface area contributed by atoms with E-state index in [-0.39, 0.29) is 5.69 Å². The summed E-state index contributed by atoms with van der Waals surface area (Å²) >= 11 is 0. The van der Waals surface area contributed by atoms with Crippen LogP contribution in [0.5, 0.6) is 0 Å². The number of anilines is 1. The van der Waals surface area contributed by atoms with Crippen LogP contribution in [-0.2, 0) is 0 Å². The summed E-state index contributed by atoms with van der Waals surface area (Å²) in [5.74, 6) is 0. The molecular formula is C16H12N4O3. The Morgan fingerprint density at radius 2 is 1.78 bits per heavy atom. The summed E-state index contributed by atoms with van der Waals surface area (Å²) in [5, 5.41) is 13.2. The maximum absolute atomic E-state index is 12.2. The first-order valence-corrected chi connectivity index (χ1v) is 6.79. The number of benzene rings is 2. The van der Waals surface area contributed by atoms with Crippen LogP contribution in [0, 0.1) is 10.1 Å². The van der Waals surface area contributed by atoms with E-state index in [1.54, 1.807) is 6.20 Å². The van der Waals surface area contributed by atoms with Gasteiger partial charge in [-0.25, -0.2) is 9.78 Å². The van der Waals surface area contributed by atoms with Gasteiger partial charge in [0.1, 0.15) is 6.33 Å². The number of rotatable bonds is 3. The van der Waals surface area contributed by atoms with E-state index in [1.165, 1.54) is 35.2 Å². The summed E-state index contributed by atoms with van der Waals surface area (Å²) in [5.41, 5.74) is 2.03. The number of hydrogen-bond acceptors (Lipinski definition) is 4. The first-order chi connectivity index (χ1) is 11.1. The lowest BCUT2D eigenvalue weighted by Gasteiger charge is -2.04. The fraction of sp³-hybridized carbons (Fsp3) is 0. The Balaban J connectivity index is 1.74. The van der Waals surface area contributed by atoms with Gasteiger partial charge in [0.05, 0.1) is 10.6 Å². The lowest BCUT2D eigenvalue weighted by molar-refractivity contribution is -0.384. The van der Waals surface area contributed by atoms with Gasteiger partial charge in [-0.05, 0) is 12.1 Å². The Morgan fingerprint density at radius 1 is 1.09 bits per heavy atom. The molecule has 2 aromatic carbocycles. The maximum Gasteiger partial charge on any atom is 0.331 e. The highest BCUT2D eigenvalue weighted by atomic mass is 16.6. The van der Waals surface area contributed by atoms with Crippen molar-refractivity contribution < 1.29 is 9.72 Å². The van der Waals surface area contributed by atoms with E-state index in [2.05, 4.69) is 10.3 Å². The van der Waals surface area contributed by atoms with Crippen LogP contribution in [0.1, 0.15) is 0 Å². The van der Waals surface area contributed by atoms with E-state index in [4.69, 9.17) is 0 Å². The van der Waals surface area contributed by atoms with Gasteiger partial charge >= 0.3 is 6.03 Å². The zero-order valence-corrected chi connectivity index (χ0v) is 11.9. The second-order valence-corrected chi connectivity index (χ2v) is 4.77. The molecule has 7 nitrogen and oxygen atoms in total. The van der Waals surface area contributed by atoms with Crippen molar-refractivity contribution in [2.45, 2.75) is 0 Å². The topological polar surface area (TPSA) is 90.1 Å². The Bertz CT molecular complexity index is 841. The highest BCUT2D eigenvalue weighted by Gasteiger charge is 2.09. The molecule has 1 N–H and O–H groups in total. The molecule has 0 aliphatic heterocycles. The number of carbonyl (C=O) groups is 1. The molecule has 3 aromatic rings. The maximum atomic E-state index is 12.2. The third-order valence-electron chi connectivity index (χ3n) is 3.22. The Kier molecular flexibility index (Phi) is 3.84. The van der Waals surface area contributed by atoms with Gasteiger partial charge in [-0.3, -0.25) is 14.7 Å². The molecule has 7 heteroatoms. The van der Waals surface area contributed by atoms with Crippen molar-refractivity contribution in [2.75, 3.05) is 5.32 Å². The third kappa shape index (κ3) is 3.24. The van der Waals surface area contributed by atoms with Crippen LogP contribution in [0.3, 0.4) is 0 Å². The molecule has 0 atom stereocenters. The number of imidazole rings is 1. The summed E-state index contributed by atoms with van der Waals surface area (Å²) in [7, 11) is 0. The Hall–Kier alpha value is -3.48. The molecule has 0 radical (unpaired) electrons. The van der Waals surface area contributed by atoms with E-state index in [1.807, 2.05) is 30.3 Å². The largest absolute Gasteiger partial charge is 0.331 e. The standard InChI is InChI=1S/C16H12N4O3/c21-16(18-13-6-8-14(9-7-13)20(22)23)19-10-15(17-11-19)12-4-2-1-3-5-12/h1-11H,(H,18,21). The van der Waals surface area contributed by atoms with Gasteiger partial charge in [0.15, 0.2) is 0 Å². The van der Waals surface area contributed by atoms with Crippen LogP contribution in [0.2, 0.25) is 0 Å². The molecule has 1 aromatic heterocycles. The van der Waals surface area contributed by atoms with Crippen LogP contribution >= 0.6 is 0 Å². The summed E-state index contributed by atoms with van der Waals surface area (Å²) in [4.78, 5) is 26.5. The highest BCUT2D eigenvalue weighted by Crippen LogP contribution is 2.18. The molecule has 23 heavy (non-hydrogen) atoms. The fourth-order valence-corrected chi connectivity index (χ4v) is 2.05. The molecule has 3 rings (SSSR count). The minimum absolute atomic E-state index is 0.0306. The normalized spacial score (nSPS) is 10.3. The van der Waals surface area contributed by atoms with Gasteiger partial charge < -0.3 is 5.32 Å². The molecule has 1 heterocycles. The van der Waals surface area contributed by atoms with Crippen LogP contribution in [0.25, 0.3) is 11.3 Å². The number of nitrogens with zero attached hydrogens (tertiary/aromatic N) is 3. The van der Waals surface area contributed by atoms with Crippen molar-refractivity contribution in [3.63, 3.8) is 0 Å². The Morgan fingerprint density at radius 3 is 2.43 bits per heavy atom. The molecule has 0 saturated heterocycles. The van der Waals surface area contributed by atoms with E-state index in [9.17, 15) is 14.9 Å². The summed E-state index contributed by atoms with van der Waals surface area (Å²) in [6.45, 7) is 0. The third-order valence-corrected chi connectivity index (χ3v) is 3.22. The van der Waals surface area contributed by atoms with Crippen LogP contribution in [0.15, 0.2) is 67.1 Å². The SMILES string of the molecule is O=C(Nc1ccc([N+](=O)[O-])cc1)n1cnc(-c2ccccc2)c1. The number of nitro groups is 1. The number of hydrogen-bond donors (Lipinski definition) is 1. The molecule has 0 aliphatic rings. The average molecular weight is 308 g/mol.